The van der Waals surface area contributed by atoms with Crippen LogP contribution < -0.4 is 0 Å². The highest BCUT2D eigenvalue weighted by Gasteiger charge is 2.26. The standard InChI is InChI=1S/C9H17NO3/c1-7(2)8-6-13-4-3-10(8)5-9(11)12/h7-8H,3-6H2,1-2H3,(H,11,12)/t8-/m1/s1. The second-order valence-corrected chi connectivity index (χ2v) is 3.75. The summed E-state index contributed by atoms with van der Waals surface area (Å²) in [6, 6.07) is 0.254. The van der Waals surface area contributed by atoms with Crippen LogP contribution in [0.25, 0.3) is 0 Å². The third-order valence-electron chi connectivity index (χ3n) is 2.39. The predicted octanol–water partition coefficient (Wildman–Crippen LogP) is 0.428. The van der Waals surface area contributed by atoms with E-state index in [4.69, 9.17) is 9.84 Å². The summed E-state index contributed by atoms with van der Waals surface area (Å²) in [6.07, 6.45) is 0. The van der Waals surface area contributed by atoms with E-state index in [1.165, 1.54) is 0 Å². The third-order valence-corrected chi connectivity index (χ3v) is 2.39. The predicted molar refractivity (Wildman–Crippen MR) is 48.7 cm³/mol. The second-order valence-electron chi connectivity index (χ2n) is 3.75. The van der Waals surface area contributed by atoms with Gasteiger partial charge in [-0.3, -0.25) is 9.69 Å². The highest BCUT2D eigenvalue weighted by Crippen LogP contribution is 2.14. The minimum Gasteiger partial charge on any atom is -0.480 e. The number of carboxylic acid groups (broad SMARTS) is 1. The summed E-state index contributed by atoms with van der Waals surface area (Å²) in [5.41, 5.74) is 0. The highest BCUT2D eigenvalue weighted by molar-refractivity contribution is 5.69. The molecule has 1 fully saturated rings. The summed E-state index contributed by atoms with van der Waals surface area (Å²) in [6.45, 7) is 6.35. The van der Waals surface area contributed by atoms with Gasteiger partial charge < -0.3 is 9.84 Å². The molecule has 0 aliphatic carbocycles. The Morgan fingerprint density at radius 2 is 2.38 bits per heavy atom. The first-order chi connectivity index (χ1) is 6.11. The van der Waals surface area contributed by atoms with Crippen molar-refractivity contribution in [3.63, 3.8) is 0 Å². The van der Waals surface area contributed by atoms with E-state index >= 15 is 0 Å². The van der Waals surface area contributed by atoms with Gasteiger partial charge in [-0.15, -0.1) is 0 Å². The fourth-order valence-electron chi connectivity index (χ4n) is 1.64. The normalized spacial score (nSPS) is 25.0. The highest BCUT2D eigenvalue weighted by atomic mass is 16.5. The number of ether oxygens (including phenoxy) is 1. The van der Waals surface area contributed by atoms with Crippen LogP contribution in [0.3, 0.4) is 0 Å². The molecule has 1 rings (SSSR count). The van der Waals surface area contributed by atoms with E-state index in [9.17, 15) is 4.79 Å². The van der Waals surface area contributed by atoms with Gasteiger partial charge in [0.2, 0.25) is 0 Å². The fraction of sp³-hybridized carbons (Fsp3) is 0.889. The van der Waals surface area contributed by atoms with Gasteiger partial charge in [-0.25, -0.2) is 0 Å². The molecule has 0 aromatic heterocycles. The van der Waals surface area contributed by atoms with Gasteiger partial charge in [0.1, 0.15) is 0 Å². The lowest BCUT2D eigenvalue weighted by molar-refractivity contribution is -0.141. The topological polar surface area (TPSA) is 49.8 Å². The van der Waals surface area contributed by atoms with Gasteiger partial charge in [-0.2, -0.15) is 0 Å². The number of morpholine rings is 1. The van der Waals surface area contributed by atoms with Crippen LogP contribution in [0, 0.1) is 5.92 Å². The quantitative estimate of drug-likeness (QED) is 0.696. The van der Waals surface area contributed by atoms with Gasteiger partial charge in [-0.1, -0.05) is 13.8 Å². The summed E-state index contributed by atoms with van der Waals surface area (Å²) < 4.78 is 5.32. The molecule has 1 heterocycles. The fourth-order valence-corrected chi connectivity index (χ4v) is 1.64. The van der Waals surface area contributed by atoms with E-state index in [0.29, 0.717) is 19.1 Å². The van der Waals surface area contributed by atoms with Crippen LogP contribution in [0.1, 0.15) is 13.8 Å². The zero-order valence-electron chi connectivity index (χ0n) is 8.19. The molecule has 1 atom stereocenters. The van der Waals surface area contributed by atoms with Crippen molar-refractivity contribution in [3.8, 4) is 0 Å². The minimum atomic E-state index is -0.757. The lowest BCUT2D eigenvalue weighted by atomic mass is 10.0. The summed E-state index contributed by atoms with van der Waals surface area (Å²) in [5, 5.41) is 8.68. The molecule has 4 heteroatoms. The maximum atomic E-state index is 10.6. The second kappa shape index (κ2) is 4.58. The van der Waals surface area contributed by atoms with E-state index in [0.717, 1.165) is 6.54 Å². The molecular weight excluding hydrogens is 170 g/mol. The molecule has 0 amide bonds. The molecule has 0 unspecified atom stereocenters. The van der Waals surface area contributed by atoms with Crippen molar-refractivity contribution < 1.29 is 14.6 Å². The summed E-state index contributed by atoms with van der Waals surface area (Å²) in [4.78, 5) is 12.5. The van der Waals surface area contributed by atoms with Crippen molar-refractivity contribution in [3.05, 3.63) is 0 Å². The molecule has 4 nitrogen and oxygen atoms in total. The first-order valence-corrected chi connectivity index (χ1v) is 4.65. The first kappa shape index (κ1) is 10.5. The summed E-state index contributed by atoms with van der Waals surface area (Å²) in [5.74, 6) is -0.313. The van der Waals surface area contributed by atoms with Crippen molar-refractivity contribution in [2.75, 3.05) is 26.3 Å². The average molecular weight is 187 g/mol. The molecule has 0 aromatic carbocycles. The van der Waals surface area contributed by atoms with E-state index in [1.54, 1.807) is 0 Å². The zero-order chi connectivity index (χ0) is 9.84. The largest absolute Gasteiger partial charge is 0.480 e. The molecule has 0 radical (unpaired) electrons. The van der Waals surface area contributed by atoms with Crippen molar-refractivity contribution in [1.82, 2.24) is 4.90 Å². The Labute approximate surface area is 78.5 Å². The minimum absolute atomic E-state index is 0.131. The SMILES string of the molecule is CC(C)[C@H]1COCCN1CC(=O)O. The number of hydrogen-bond donors (Lipinski definition) is 1. The van der Waals surface area contributed by atoms with Gasteiger partial charge in [-0.05, 0) is 5.92 Å². The van der Waals surface area contributed by atoms with Crippen molar-refractivity contribution >= 4 is 5.97 Å². The van der Waals surface area contributed by atoms with E-state index < -0.39 is 5.97 Å². The number of hydrogen-bond acceptors (Lipinski definition) is 3. The van der Waals surface area contributed by atoms with Crippen molar-refractivity contribution in [1.29, 1.82) is 0 Å². The average Bonchev–Trinajstić information content (AvgIpc) is 2.03. The number of nitrogens with zero attached hydrogens (tertiary/aromatic N) is 1. The van der Waals surface area contributed by atoms with E-state index in [2.05, 4.69) is 13.8 Å². The lowest BCUT2D eigenvalue weighted by Crippen LogP contribution is -2.50. The molecule has 13 heavy (non-hydrogen) atoms. The molecule has 0 bridgehead atoms. The molecule has 1 aliphatic rings. The van der Waals surface area contributed by atoms with Crippen molar-refractivity contribution in [2.45, 2.75) is 19.9 Å². The van der Waals surface area contributed by atoms with Gasteiger partial charge in [0, 0.05) is 12.6 Å². The van der Waals surface area contributed by atoms with Crippen molar-refractivity contribution in [2.24, 2.45) is 5.92 Å². The monoisotopic (exact) mass is 187 g/mol. The summed E-state index contributed by atoms with van der Waals surface area (Å²) >= 11 is 0. The number of rotatable bonds is 3. The maximum absolute atomic E-state index is 10.6. The van der Waals surface area contributed by atoms with Crippen LogP contribution in [0.15, 0.2) is 0 Å². The van der Waals surface area contributed by atoms with Crippen LogP contribution in [0.4, 0.5) is 0 Å². The van der Waals surface area contributed by atoms with Crippen LogP contribution in [-0.4, -0.2) is 48.3 Å². The Morgan fingerprint density at radius 1 is 1.69 bits per heavy atom. The molecule has 1 saturated heterocycles. The smallest absolute Gasteiger partial charge is 0.317 e. The number of carbonyl (C=O) groups is 1. The molecule has 0 aromatic rings. The maximum Gasteiger partial charge on any atom is 0.317 e. The first-order valence-electron chi connectivity index (χ1n) is 4.65. The zero-order valence-corrected chi connectivity index (χ0v) is 8.19. The Morgan fingerprint density at radius 3 is 2.92 bits per heavy atom. The van der Waals surface area contributed by atoms with Crippen LogP contribution in [0.2, 0.25) is 0 Å². The Hall–Kier alpha value is -0.610. The van der Waals surface area contributed by atoms with E-state index in [1.807, 2.05) is 4.90 Å². The molecule has 1 N–H and O–H groups in total. The van der Waals surface area contributed by atoms with Gasteiger partial charge in [0.05, 0.1) is 19.8 Å². The van der Waals surface area contributed by atoms with Gasteiger partial charge in [0.15, 0.2) is 0 Å². The Balaban J connectivity index is 2.51. The van der Waals surface area contributed by atoms with Crippen LogP contribution in [-0.2, 0) is 9.53 Å². The van der Waals surface area contributed by atoms with Crippen LogP contribution >= 0.6 is 0 Å². The number of aliphatic carboxylic acids is 1. The molecule has 76 valence electrons. The Kier molecular flexibility index (Phi) is 3.69. The van der Waals surface area contributed by atoms with E-state index in [-0.39, 0.29) is 12.6 Å². The van der Waals surface area contributed by atoms with Gasteiger partial charge >= 0.3 is 5.97 Å². The molecule has 0 spiro atoms. The third kappa shape index (κ3) is 2.97. The van der Waals surface area contributed by atoms with Crippen LogP contribution in [0.5, 0.6) is 0 Å². The van der Waals surface area contributed by atoms with Gasteiger partial charge in [0.25, 0.3) is 0 Å². The Bertz CT molecular complexity index is 182. The molecular formula is C9H17NO3. The lowest BCUT2D eigenvalue weighted by Gasteiger charge is -2.36. The molecule has 1 aliphatic heterocycles. The number of carboxylic acids is 1. The summed E-state index contributed by atoms with van der Waals surface area (Å²) in [7, 11) is 0. The molecule has 0 saturated carbocycles.